The summed E-state index contributed by atoms with van der Waals surface area (Å²) in [6, 6.07) is 11.6. The smallest absolute Gasteiger partial charge is 0.191 e. The number of nitrogens with one attached hydrogen (secondary N) is 2. The van der Waals surface area contributed by atoms with Crippen LogP contribution in [0.2, 0.25) is 0 Å². The summed E-state index contributed by atoms with van der Waals surface area (Å²) in [7, 11) is 4.92. The number of halogens is 1. The number of nitrogens with zero attached hydrogens (tertiary/aromatic N) is 1. The van der Waals surface area contributed by atoms with Crippen molar-refractivity contribution >= 4 is 29.9 Å². The highest BCUT2D eigenvalue weighted by atomic mass is 127. The van der Waals surface area contributed by atoms with Crippen LogP contribution in [0.15, 0.2) is 41.4 Å². The maximum Gasteiger partial charge on any atom is 0.191 e. The Labute approximate surface area is 196 Å². The summed E-state index contributed by atoms with van der Waals surface area (Å²) < 4.78 is 21.7. The molecular formula is C22H32IN3O4. The summed E-state index contributed by atoms with van der Waals surface area (Å²) in [5.74, 6) is 3.69. The number of methoxy groups -OCH3 is 3. The van der Waals surface area contributed by atoms with Crippen molar-refractivity contribution in [2.24, 2.45) is 4.99 Å². The van der Waals surface area contributed by atoms with Crippen LogP contribution in [-0.4, -0.2) is 40.4 Å². The van der Waals surface area contributed by atoms with Gasteiger partial charge in [0, 0.05) is 24.7 Å². The fourth-order valence-electron chi connectivity index (χ4n) is 2.77. The van der Waals surface area contributed by atoms with Crippen LogP contribution in [0.5, 0.6) is 23.0 Å². The molecule has 0 bridgehead atoms. The van der Waals surface area contributed by atoms with E-state index >= 15 is 0 Å². The highest BCUT2D eigenvalue weighted by Gasteiger charge is 2.08. The van der Waals surface area contributed by atoms with E-state index in [-0.39, 0.29) is 24.0 Å². The molecule has 0 spiro atoms. The monoisotopic (exact) mass is 529 g/mol. The van der Waals surface area contributed by atoms with Crippen molar-refractivity contribution in [1.29, 1.82) is 0 Å². The van der Waals surface area contributed by atoms with E-state index in [0.29, 0.717) is 25.4 Å². The van der Waals surface area contributed by atoms with Crippen LogP contribution in [0.3, 0.4) is 0 Å². The van der Waals surface area contributed by atoms with E-state index in [4.69, 9.17) is 18.9 Å². The first-order valence-electron chi connectivity index (χ1n) is 9.67. The summed E-state index contributed by atoms with van der Waals surface area (Å²) >= 11 is 0. The molecule has 0 amide bonds. The van der Waals surface area contributed by atoms with Crippen molar-refractivity contribution < 1.29 is 18.9 Å². The minimum absolute atomic E-state index is 0. The highest BCUT2D eigenvalue weighted by molar-refractivity contribution is 14.0. The Hall–Kier alpha value is -2.36. The van der Waals surface area contributed by atoms with E-state index in [1.54, 1.807) is 21.3 Å². The summed E-state index contributed by atoms with van der Waals surface area (Å²) in [5.41, 5.74) is 2.05. The predicted octanol–water partition coefficient (Wildman–Crippen LogP) is 3.98. The molecule has 7 nitrogen and oxygen atoms in total. The van der Waals surface area contributed by atoms with Gasteiger partial charge >= 0.3 is 0 Å². The first-order chi connectivity index (χ1) is 14.1. The largest absolute Gasteiger partial charge is 0.497 e. The minimum Gasteiger partial charge on any atom is -0.497 e. The van der Waals surface area contributed by atoms with Crippen LogP contribution in [0.4, 0.5) is 0 Å². The summed E-state index contributed by atoms with van der Waals surface area (Å²) in [5, 5.41) is 6.60. The average molecular weight is 529 g/mol. The van der Waals surface area contributed by atoms with Crippen molar-refractivity contribution in [2.45, 2.75) is 26.9 Å². The molecule has 0 unspecified atom stereocenters. The Morgan fingerprint density at radius 2 is 1.63 bits per heavy atom. The third-order valence-electron chi connectivity index (χ3n) is 4.23. The van der Waals surface area contributed by atoms with Gasteiger partial charge in [0.25, 0.3) is 0 Å². The van der Waals surface area contributed by atoms with Gasteiger partial charge in [-0.25, -0.2) is 4.99 Å². The molecular weight excluding hydrogens is 497 g/mol. The SMILES string of the molecule is CCNC(=NCc1ccc(OCC)c(OC)c1)NCc1ccc(OC)cc1OC.I. The molecule has 0 heterocycles. The van der Waals surface area contributed by atoms with Gasteiger partial charge in [-0.3, -0.25) is 0 Å². The molecule has 0 aromatic heterocycles. The number of guanidine groups is 1. The van der Waals surface area contributed by atoms with Crippen LogP contribution < -0.4 is 29.6 Å². The average Bonchev–Trinajstić information content (AvgIpc) is 2.76. The standard InChI is InChI=1S/C22H31N3O4.HI/c1-6-23-22(25-15-17-9-10-18(26-3)13-20(17)27-4)24-14-16-8-11-19(29-7-2)21(12-16)28-5;/h8-13H,6-7,14-15H2,1-5H3,(H2,23,24,25);1H. The normalized spacial score (nSPS) is 10.6. The maximum atomic E-state index is 5.57. The molecule has 8 heteroatoms. The molecule has 2 aromatic carbocycles. The first-order valence-corrected chi connectivity index (χ1v) is 9.67. The molecule has 2 rings (SSSR count). The van der Waals surface area contributed by atoms with Crippen LogP contribution in [0.25, 0.3) is 0 Å². The van der Waals surface area contributed by atoms with Crippen molar-refractivity contribution in [3.63, 3.8) is 0 Å². The Bertz CT molecular complexity index is 815. The van der Waals surface area contributed by atoms with Gasteiger partial charge in [-0.05, 0) is 43.7 Å². The van der Waals surface area contributed by atoms with Crippen molar-refractivity contribution in [2.75, 3.05) is 34.5 Å². The van der Waals surface area contributed by atoms with E-state index in [0.717, 1.165) is 40.9 Å². The lowest BCUT2D eigenvalue weighted by Gasteiger charge is -2.14. The maximum absolute atomic E-state index is 5.57. The van der Waals surface area contributed by atoms with Gasteiger partial charge in [-0.2, -0.15) is 0 Å². The van der Waals surface area contributed by atoms with Crippen molar-refractivity contribution in [1.82, 2.24) is 10.6 Å². The molecule has 0 fully saturated rings. The molecule has 0 saturated carbocycles. The molecule has 2 N–H and O–H groups in total. The number of aliphatic imine (C=N–C) groups is 1. The lowest BCUT2D eigenvalue weighted by atomic mass is 10.2. The predicted molar refractivity (Wildman–Crippen MR) is 131 cm³/mol. The Morgan fingerprint density at radius 3 is 2.27 bits per heavy atom. The fraction of sp³-hybridized carbons (Fsp3) is 0.409. The molecule has 30 heavy (non-hydrogen) atoms. The molecule has 166 valence electrons. The molecule has 2 aromatic rings. The number of benzene rings is 2. The van der Waals surface area contributed by atoms with Crippen LogP contribution in [0, 0.1) is 0 Å². The zero-order chi connectivity index (χ0) is 21.1. The van der Waals surface area contributed by atoms with E-state index in [1.807, 2.05) is 50.2 Å². The van der Waals surface area contributed by atoms with Crippen molar-refractivity contribution in [3.05, 3.63) is 47.5 Å². The van der Waals surface area contributed by atoms with E-state index < -0.39 is 0 Å². The van der Waals surface area contributed by atoms with Gasteiger partial charge in [0.1, 0.15) is 11.5 Å². The number of ether oxygens (including phenoxy) is 4. The van der Waals surface area contributed by atoms with Crippen LogP contribution in [0.1, 0.15) is 25.0 Å². The zero-order valence-corrected chi connectivity index (χ0v) is 20.6. The Kier molecular flexibility index (Phi) is 11.8. The van der Waals surface area contributed by atoms with Crippen LogP contribution >= 0.6 is 24.0 Å². The first kappa shape index (κ1) is 25.7. The van der Waals surface area contributed by atoms with E-state index in [1.165, 1.54) is 0 Å². The van der Waals surface area contributed by atoms with E-state index in [2.05, 4.69) is 15.6 Å². The van der Waals surface area contributed by atoms with Gasteiger partial charge in [0.15, 0.2) is 17.5 Å². The topological polar surface area (TPSA) is 73.3 Å². The minimum atomic E-state index is 0. The zero-order valence-electron chi connectivity index (χ0n) is 18.3. The summed E-state index contributed by atoms with van der Waals surface area (Å²) in [6.45, 7) is 6.42. The Balaban J connectivity index is 0.00000450. The molecule has 0 atom stereocenters. The lowest BCUT2D eigenvalue weighted by Crippen LogP contribution is -2.36. The van der Waals surface area contributed by atoms with Gasteiger partial charge in [-0.15, -0.1) is 24.0 Å². The second-order valence-corrected chi connectivity index (χ2v) is 6.14. The third-order valence-corrected chi connectivity index (χ3v) is 4.23. The van der Waals surface area contributed by atoms with Gasteiger partial charge in [-0.1, -0.05) is 6.07 Å². The Morgan fingerprint density at radius 1 is 0.867 bits per heavy atom. The summed E-state index contributed by atoms with van der Waals surface area (Å²) in [6.07, 6.45) is 0. The molecule has 0 aliphatic rings. The number of hydrogen-bond acceptors (Lipinski definition) is 5. The van der Waals surface area contributed by atoms with Gasteiger partial charge in [0.2, 0.25) is 0 Å². The van der Waals surface area contributed by atoms with Gasteiger partial charge in [0.05, 0.1) is 34.5 Å². The molecule has 0 aliphatic carbocycles. The second-order valence-electron chi connectivity index (χ2n) is 6.14. The number of hydrogen-bond donors (Lipinski definition) is 2. The second kappa shape index (κ2) is 13.8. The lowest BCUT2D eigenvalue weighted by molar-refractivity contribution is 0.310. The van der Waals surface area contributed by atoms with Crippen LogP contribution in [-0.2, 0) is 13.1 Å². The molecule has 0 saturated heterocycles. The quantitative estimate of drug-likeness (QED) is 0.276. The highest BCUT2D eigenvalue weighted by Crippen LogP contribution is 2.28. The third kappa shape index (κ3) is 7.47. The molecule has 0 radical (unpaired) electrons. The molecule has 0 aliphatic heterocycles. The summed E-state index contributed by atoms with van der Waals surface area (Å²) in [4.78, 5) is 4.67. The van der Waals surface area contributed by atoms with Gasteiger partial charge < -0.3 is 29.6 Å². The number of rotatable bonds is 10. The fourth-order valence-corrected chi connectivity index (χ4v) is 2.77. The van der Waals surface area contributed by atoms with Crippen molar-refractivity contribution in [3.8, 4) is 23.0 Å². The van der Waals surface area contributed by atoms with E-state index in [9.17, 15) is 0 Å².